The Morgan fingerprint density at radius 1 is 1.47 bits per heavy atom. The van der Waals surface area contributed by atoms with E-state index in [4.69, 9.17) is 10.5 Å². The second kappa shape index (κ2) is 5.12. The summed E-state index contributed by atoms with van der Waals surface area (Å²) in [6, 6.07) is 0. The van der Waals surface area contributed by atoms with Gasteiger partial charge in [0.25, 0.3) is 0 Å². The van der Waals surface area contributed by atoms with Gasteiger partial charge < -0.3 is 10.5 Å². The van der Waals surface area contributed by atoms with Gasteiger partial charge in [-0.1, -0.05) is 20.8 Å². The van der Waals surface area contributed by atoms with Crippen molar-refractivity contribution >= 4 is 11.8 Å². The van der Waals surface area contributed by atoms with Crippen molar-refractivity contribution in [2.75, 3.05) is 12.3 Å². The summed E-state index contributed by atoms with van der Waals surface area (Å²) in [5.41, 5.74) is 6.03. The predicted octanol–water partition coefficient (Wildman–Crippen LogP) is 1.82. The van der Waals surface area contributed by atoms with Gasteiger partial charge >= 0.3 is 5.97 Å². The van der Waals surface area contributed by atoms with Gasteiger partial charge in [-0.05, 0) is 12.3 Å². The fourth-order valence-corrected chi connectivity index (χ4v) is 1.36. The molecular weight excluding hydrogens is 218 g/mol. The van der Waals surface area contributed by atoms with Gasteiger partial charge in [-0.25, -0.2) is 14.8 Å². The third kappa shape index (κ3) is 4.01. The van der Waals surface area contributed by atoms with Gasteiger partial charge in [0, 0.05) is 12.6 Å². The molecule has 1 aromatic heterocycles. The first kappa shape index (κ1) is 13.4. The zero-order valence-corrected chi connectivity index (χ0v) is 10.8. The highest BCUT2D eigenvalue weighted by Gasteiger charge is 2.17. The Kier molecular flexibility index (Phi) is 4.04. The standard InChI is InChI=1S/C12H19N3O2/c1-5-17-11(16)8-7-14-9(15-10(8)13)6-12(2,3)4/h7H,5-6H2,1-4H3,(H2,13,14,15). The second-order valence-electron chi connectivity index (χ2n) is 5.04. The summed E-state index contributed by atoms with van der Waals surface area (Å²) < 4.78 is 4.85. The van der Waals surface area contributed by atoms with Crippen LogP contribution in [0.15, 0.2) is 6.20 Å². The van der Waals surface area contributed by atoms with Crippen LogP contribution in [0, 0.1) is 5.41 Å². The molecule has 0 atom stereocenters. The van der Waals surface area contributed by atoms with Crippen LogP contribution in [-0.4, -0.2) is 22.5 Å². The molecule has 0 saturated heterocycles. The van der Waals surface area contributed by atoms with Gasteiger partial charge in [-0.3, -0.25) is 0 Å². The third-order valence-corrected chi connectivity index (χ3v) is 2.05. The van der Waals surface area contributed by atoms with Crippen molar-refractivity contribution in [1.82, 2.24) is 9.97 Å². The normalized spacial score (nSPS) is 11.3. The van der Waals surface area contributed by atoms with Crippen LogP contribution in [0.2, 0.25) is 0 Å². The number of carbonyl (C=O) groups excluding carboxylic acids is 1. The van der Waals surface area contributed by atoms with E-state index in [1.54, 1.807) is 6.92 Å². The van der Waals surface area contributed by atoms with Crippen molar-refractivity contribution in [3.05, 3.63) is 17.6 Å². The Morgan fingerprint density at radius 3 is 2.59 bits per heavy atom. The highest BCUT2D eigenvalue weighted by atomic mass is 16.5. The summed E-state index contributed by atoms with van der Waals surface area (Å²) in [7, 11) is 0. The monoisotopic (exact) mass is 237 g/mol. The summed E-state index contributed by atoms with van der Waals surface area (Å²) in [6.45, 7) is 8.31. The molecule has 5 nitrogen and oxygen atoms in total. The molecule has 0 aromatic carbocycles. The van der Waals surface area contributed by atoms with E-state index in [1.807, 2.05) is 0 Å². The Morgan fingerprint density at radius 2 is 2.12 bits per heavy atom. The molecule has 0 aliphatic heterocycles. The molecule has 0 radical (unpaired) electrons. The maximum absolute atomic E-state index is 11.5. The second-order valence-corrected chi connectivity index (χ2v) is 5.04. The van der Waals surface area contributed by atoms with E-state index in [1.165, 1.54) is 6.20 Å². The van der Waals surface area contributed by atoms with Crippen molar-refractivity contribution < 1.29 is 9.53 Å². The molecular formula is C12H19N3O2. The van der Waals surface area contributed by atoms with Gasteiger partial charge in [0.05, 0.1) is 6.61 Å². The van der Waals surface area contributed by atoms with E-state index in [-0.39, 0.29) is 16.8 Å². The summed E-state index contributed by atoms with van der Waals surface area (Å²) in [5, 5.41) is 0. The number of nitrogens with zero attached hydrogens (tertiary/aromatic N) is 2. The molecule has 1 rings (SSSR count). The molecule has 1 heterocycles. The summed E-state index contributed by atoms with van der Waals surface area (Å²) in [6.07, 6.45) is 2.14. The fraction of sp³-hybridized carbons (Fsp3) is 0.583. The zero-order chi connectivity index (χ0) is 13.1. The number of carbonyl (C=O) groups is 1. The van der Waals surface area contributed by atoms with Crippen LogP contribution in [0.1, 0.15) is 43.9 Å². The number of anilines is 1. The van der Waals surface area contributed by atoms with Crippen molar-refractivity contribution in [3.63, 3.8) is 0 Å². The van der Waals surface area contributed by atoms with Crippen LogP contribution in [0.25, 0.3) is 0 Å². The summed E-state index contributed by atoms with van der Waals surface area (Å²) in [4.78, 5) is 19.7. The molecule has 0 spiro atoms. The molecule has 5 heteroatoms. The van der Waals surface area contributed by atoms with E-state index in [0.29, 0.717) is 18.9 Å². The van der Waals surface area contributed by atoms with E-state index < -0.39 is 5.97 Å². The lowest BCUT2D eigenvalue weighted by Crippen LogP contribution is -2.15. The predicted molar refractivity (Wildman–Crippen MR) is 65.6 cm³/mol. The number of ether oxygens (including phenoxy) is 1. The third-order valence-electron chi connectivity index (χ3n) is 2.05. The first-order valence-corrected chi connectivity index (χ1v) is 5.62. The number of nitrogens with two attached hydrogens (primary N) is 1. The molecule has 0 bridgehead atoms. The molecule has 17 heavy (non-hydrogen) atoms. The lowest BCUT2D eigenvalue weighted by Gasteiger charge is -2.16. The van der Waals surface area contributed by atoms with Crippen LogP contribution in [-0.2, 0) is 11.2 Å². The topological polar surface area (TPSA) is 78.1 Å². The van der Waals surface area contributed by atoms with Gasteiger partial charge in [0.1, 0.15) is 17.2 Å². The number of hydrogen-bond donors (Lipinski definition) is 1. The maximum atomic E-state index is 11.5. The maximum Gasteiger partial charge on any atom is 0.343 e. The van der Waals surface area contributed by atoms with Gasteiger partial charge in [-0.2, -0.15) is 0 Å². The quantitative estimate of drug-likeness (QED) is 0.811. The number of aromatic nitrogens is 2. The number of esters is 1. The average molecular weight is 237 g/mol. The number of hydrogen-bond acceptors (Lipinski definition) is 5. The van der Waals surface area contributed by atoms with Gasteiger partial charge in [0.15, 0.2) is 0 Å². The van der Waals surface area contributed by atoms with Crippen LogP contribution in [0.5, 0.6) is 0 Å². The molecule has 0 unspecified atom stereocenters. The van der Waals surface area contributed by atoms with E-state index >= 15 is 0 Å². The fourth-order valence-electron chi connectivity index (χ4n) is 1.36. The molecule has 94 valence electrons. The molecule has 0 saturated carbocycles. The van der Waals surface area contributed by atoms with Crippen LogP contribution < -0.4 is 5.73 Å². The Bertz CT molecular complexity index is 411. The molecule has 0 aliphatic carbocycles. The van der Waals surface area contributed by atoms with E-state index in [9.17, 15) is 4.79 Å². The van der Waals surface area contributed by atoms with Crippen molar-refractivity contribution in [3.8, 4) is 0 Å². The van der Waals surface area contributed by atoms with Crippen molar-refractivity contribution in [2.45, 2.75) is 34.1 Å². The lowest BCUT2D eigenvalue weighted by molar-refractivity contribution is 0.0526. The Hall–Kier alpha value is -1.65. The number of nitrogen functional groups attached to an aromatic ring is 1. The van der Waals surface area contributed by atoms with Crippen LogP contribution in [0.4, 0.5) is 5.82 Å². The molecule has 1 aromatic rings. The SMILES string of the molecule is CCOC(=O)c1cnc(CC(C)(C)C)nc1N. The number of rotatable bonds is 3. The van der Waals surface area contributed by atoms with E-state index in [2.05, 4.69) is 30.7 Å². The Balaban J connectivity index is 2.90. The van der Waals surface area contributed by atoms with Crippen LogP contribution in [0.3, 0.4) is 0 Å². The summed E-state index contributed by atoms with van der Waals surface area (Å²) in [5.74, 6) is 0.341. The molecule has 0 amide bonds. The molecule has 0 aliphatic rings. The zero-order valence-electron chi connectivity index (χ0n) is 10.8. The highest BCUT2D eigenvalue weighted by Crippen LogP contribution is 2.19. The van der Waals surface area contributed by atoms with Crippen LogP contribution >= 0.6 is 0 Å². The van der Waals surface area contributed by atoms with E-state index in [0.717, 1.165) is 0 Å². The Labute approximate surface area is 101 Å². The largest absolute Gasteiger partial charge is 0.462 e. The first-order chi connectivity index (χ1) is 7.83. The lowest BCUT2D eigenvalue weighted by atomic mass is 9.92. The minimum atomic E-state index is -0.479. The molecule has 0 fully saturated rings. The average Bonchev–Trinajstić information content (AvgIpc) is 2.15. The molecule has 2 N–H and O–H groups in total. The van der Waals surface area contributed by atoms with Crippen molar-refractivity contribution in [2.24, 2.45) is 5.41 Å². The van der Waals surface area contributed by atoms with Gasteiger partial charge in [-0.15, -0.1) is 0 Å². The minimum absolute atomic E-state index is 0.0812. The minimum Gasteiger partial charge on any atom is -0.462 e. The summed E-state index contributed by atoms with van der Waals surface area (Å²) >= 11 is 0. The smallest absolute Gasteiger partial charge is 0.343 e. The van der Waals surface area contributed by atoms with Crippen molar-refractivity contribution in [1.29, 1.82) is 0 Å². The first-order valence-electron chi connectivity index (χ1n) is 5.62. The van der Waals surface area contributed by atoms with Gasteiger partial charge in [0.2, 0.25) is 0 Å². The highest BCUT2D eigenvalue weighted by molar-refractivity contribution is 5.93.